The number of hydrogen-bond acceptors (Lipinski definition) is 4. The van der Waals surface area contributed by atoms with E-state index in [9.17, 15) is 19.2 Å². The molecule has 0 atom stereocenters. The molecule has 6 heteroatoms. The second-order valence-electron chi connectivity index (χ2n) is 5.87. The lowest BCUT2D eigenvalue weighted by atomic mass is 9.87. The minimum Gasteiger partial charge on any atom is -0.269 e. The van der Waals surface area contributed by atoms with Gasteiger partial charge in [-0.05, 0) is 18.4 Å². The maximum absolute atomic E-state index is 12.5. The van der Waals surface area contributed by atoms with Crippen molar-refractivity contribution >= 4 is 23.6 Å². The second-order valence-corrected chi connectivity index (χ2v) is 5.87. The molecule has 3 rings (SSSR count). The fourth-order valence-electron chi connectivity index (χ4n) is 3.60. The molecule has 0 bridgehead atoms. The van der Waals surface area contributed by atoms with Crippen LogP contribution in [0.2, 0.25) is 0 Å². The molecule has 0 N–H and O–H groups in total. The van der Waals surface area contributed by atoms with Crippen molar-refractivity contribution in [2.24, 2.45) is 0 Å². The lowest BCUT2D eigenvalue weighted by Crippen LogP contribution is -2.62. The van der Waals surface area contributed by atoms with Gasteiger partial charge in [-0.25, -0.2) is 9.80 Å². The minimum absolute atomic E-state index is 0.197. The van der Waals surface area contributed by atoms with Crippen LogP contribution in [0.25, 0.3) is 0 Å². The molecular weight excluding hydrogens is 320 g/mol. The average Bonchev–Trinajstić information content (AvgIpc) is 3.13. The van der Waals surface area contributed by atoms with E-state index in [4.69, 9.17) is 0 Å². The van der Waals surface area contributed by atoms with Gasteiger partial charge in [0.05, 0.1) is 0 Å². The zero-order valence-corrected chi connectivity index (χ0v) is 14.1. The van der Waals surface area contributed by atoms with E-state index < -0.39 is 29.3 Å². The molecule has 2 aliphatic heterocycles. The third-order valence-corrected chi connectivity index (χ3v) is 4.68. The van der Waals surface area contributed by atoms with Crippen molar-refractivity contribution in [1.29, 1.82) is 0 Å². The molecule has 2 aliphatic rings. The van der Waals surface area contributed by atoms with Crippen LogP contribution in [-0.4, -0.2) is 33.4 Å². The maximum Gasteiger partial charge on any atom is 0.255 e. The van der Waals surface area contributed by atoms with Crippen LogP contribution >= 0.6 is 0 Å². The lowest BCUT2D eigenvalue weighted by molar-refractivity contribution is -0.166. The van der Waals surface area contributed by atoms with Gasteiger partial charge >= 0.3 is 0 Å². The van der Waals surface area contributed by atoms with Crippen molar-refractivity contribution < 1.29 is 19.2 Å². The van der Waals surface area contributed by atoms with Gasteiger partial charge < -0.3 is 0 Å². The van der Waals surface area contributed by atoms with Gasteiger partial charge in [-0.2, -0.15) is 0 Å². The minimum atomic E-state index is -1.48. The van der Waals surface area contributed by atoms with Crippen molar-refractivity contribution in [3.8, 4) is 0 Å². The van der Waals surface area contributed by atoms with Gasteiger partial charge in [0, 0.05) is 29.9 Å². The second kappa shape index (κ2) is 6.12. The average molecular weight is 338 g/mol. The number of nitrogens with zero attached hydrogens (tertiary/aromatic N) is 2. The molecule has 128 valence electrons. The van der Waals surface area contributed by atoms with E-state index in [1.165, 1.54) is 24.3 Å². The first kappa shape index (κ1) is 16.8. The summed E-state index contributed by atoms with van der Waals surface area (Å²) in [6, 6.07) is 7.26. The largest absolute Gasteiger partial charge is 0.269 e. The van der Waals surface area contributed by atoms with E-state index in [-0.39, 0.29) is 6.42 Å². The van der Waals surface area contributed by atoms with Gasteiger partial charge in [0.15, 0.2) is 5.66 Å². The molecule has 1 aromatic carbocycles. The van der Waals surface area contributed by atoms with Crippen molar-refractivity contribution in [2.75, 3.05) is 0 Å². The summed E-state index contributed by atoms with van der Waals surface area (Å²) in [5, 5.41) is 0. The third-order valence-electron chi connectivity index (χ3n) is 4.68. The van der Waals surface area contributed by atoms with Gasteiger partial charge in [0.25, 0.3) is 23.6 Å². The van der Waals surface area contributed by atoms with Crippen LogP contribution in [0, 0.1) is 0 Å². The summed E-state index contributed by atoms with van der Waals surface area (Å²) in [7, 11) is 0. The smallest absolute Gasteiger partial charge is 0.255 e. The molecule has 0 unspecified atom stereocenters. The van der Waals surface area contributed by atoms with Crippen LogP contribution in [0.3, 0.4) is 0 Å². The number of carbonyl (C=O) groups excluding carboxylic acids is 4. The third kappa shape index (κ3) is 2.33. The molecule has 0 fully saturated rings. The van der Waals surface area contributed by atoms with Crippen LogP contribution in [0.5, 0.6) is 0 Å². The zero-order chi connectivity index (χ0) is 18.2. The van der Waals surface area contributed by atoms with Crippen molar-refractivity contribution in [3.05, 3.63) is 59.7 Å². The Morgan fingerprint density at radius 3 is 1.60 bits per heavy atom. The molecule has 0 aliphatic carbocycles. The standard InChI is InChI=1S/C19H18N2O4/c1-3-13-7-5-6-8-14(13)19(4-2,20-15(22)9-10-16(20)23)21-17(24)11-12-18(21)25/h5-12H,3-4H2,1-2H3. The summed E-state index contributed by atoms with van der Waals surface area (Å²) in [4.78, 5) is 52.0. The van der Waals surface area contributed by atoms with Crippen LogP contribution in [-0.2, 0) is 31.3 Å². The van der Waals surface area contributed by atoms with E-state index in [2.05, 4.69) is 0 Å². The Morgan fingerprint density at radius 1 is 0.760 bits per heavy atom. The number of rotatable bonds is 5. The fraction of sp³-hybridized carbons (Fsp3) is 0.263. The van der Waals surface area contributed by atoms with Crippen molar-refractivity contribution in [2.45, 2.75) is 32.4 Å². The highest BCUT2D eigenvalue weighted by Crippen LogP contribution is 2.41. The Balaban J connectivity index is 2.31. The first-order chi connectivity index (χ1) is 12.0. The van der Waals surface area contributed by atoms with Gasteiger partial charge in [-0.3, -0.25) is 19.2 Å². The van der Waals surface area contributed by atoms with E-state index in [0.29, 0.717) is 12.0 Å². The summed E-state index contributed by atoms with van der Waals surface area (Å²) >= 11 is 0. The molecule has 1 aromatic rings. The molecular formula is C19H18N2O4. The number of amides is 4. The highest BCUT2D eigenvalue weighted by Gasteiger charge is 2.54. The number of imide groups is 2. The Labute approximate surface area is 145 Å². The molecule has 0 saturated carbocycles. The van der Waals surface area contributed by atoms with Gasteiger partial charge in [0.1, 0.15) is 0 Å². The summed E-state index contributed by atoms with van der Waals surface area (Å²) in [6.07, 6.45) is 5.49. The summed E-state index contributed by atoms with van der Waals surface area (Å²) < 4.78 is 0. The highest BCUT2D eigenvalue weighted by atomic mass is 16.2. The molecule has 6 nitrogen and oxygen atoms in total. The van der Waals surface area contributed by atoms with Gasteiger partial charge in [-0.1, -0.05) is 38.1 Å². The predicted molar refractivity (Wildman–Crippen MR) is 89.8 cm³/mol. The van der Waals surface area contributed by atoms with E-state index in [1.807, 2.05) is 19.1 Å². The normalized spacial score (nSPS) is 17.4. The number of benzene rings is 1. The summed E-state index contributed by atoms with van der Waals surface area (Å²) in [6.45, 7) is 3.70. The Kier molecular flexibility index (Phi) is 4.12. The van der Waals surface area contributed by atoms with Crippen LogP contribution in [0.1, 0.15) is 31.4 Å². The van der Waals surface area contributed by atoms with Crippen LogP contribution in [0.15, 0.2) is 48.6 Å². The molecule has 0 spiro atoms. The van der Waals surface area contributed by atoms with E-state index >= 15 is 0 Å². The number of carbonyl (C=O) groups is 4. The lowest BCUT2D eigenvalue weighted by Gasteiger charge is -2.46. The Morgan fingerprint density at radius 2 is 1.20 bits per heavy atom. The summed E-state index contributed by atoms with van der Waals surface area (Å²) in [5.41, 5.74) is -0.0118. The first-order valence-corrected chi connectivity index (χ1v) is 8.18. The Bertz CT molecular complexity index is 760. The molecule has 2 heterocycles. The molecule has 4 amide bonds. The maximum atomic E-state index is 12.5. The quantitative estimate of drug-likeness (QED) is 0.765. The highest BCUT2D eigenvalue weighted by molar-refractivity contribution is 6.17. The van der Waals surface area contributed by atoms with Crippen LogP contribution in [0.4, 0.5) is 0 Å². The topological polar surface area (TPSA) is 74.8 Å². The number of hydrogen-bond donors (Lipinski definition) is 0. The molecule has 0 aromatic heterocycles. The van der Waals surface area contributed by atoms with E-state index in [1.54, 1.807) is 19.1 Å². The van der Waals surface area contributed by atoms with Crippen molar-refractivity contribution in [3.63, 3.8) is 0 Å². The SMILES string of the molecule is CCc1ccccc1C(CC)(N1C(=O)C=CC1=O)N1C(=O)C=CC1=O. The molecule has 0 radical (unpaired) electrons. The van der Waals surface area contributed by atoms with E-state index in [0.717, 1.165) is 15.4 Å². The number of aryl methyl sites for hydroxylation is 1. The van der Waals surface area contributed by atoms with Crippen molar-refractivity contribution in [1.82, 2.24) is 9.80 Å². The predicted octanol–water partition coefficient (Wildman–Crippen LogP) is 1.66. The summed E-state index contributed by atoms with van der Waals surface area (Å²) in [5.74, 6) is -2.15. The Hall–Kier alpha value is -3.02. The molecule has 0 saturated heterocycles. The first-order valence-electron chi connectivity index (χ1n) is 8.18. The zero-order valence-electron chi connectivity index (χ0n) is 14.1. The van der Waals surface area contributed by atoms with Crippen LogP contribution < -0.4 is 0 Å². The monoisotopic (exact) mass is 338 g/mol. The van der Waals surface area contributed by atoms with Gasteiger partial charge in [-0.15, -0.1) is 0 Å². The fourth-order valence-corrected chi connectivity index (χ4v) is 3.60. The molecule has 25 heavy (non-hydrogen) atoms. The van der Waals surface area contributed by atoms with Gasteiger partial charge in [0.2, 0.25) is 0 Å².